The Morgan fingerprint density at radius 1 is 0.455 bits per heavy atom. The van der Waals surface area contributed by atoms with Crippen LogP contribution in [0.3, 0.4) is 0 Å². The Hall–Kier alpha value is -5.52. The molecule has 0 unspecified atom stereocenters. The molecule has 0 bridgehead atoms. The monoisotopic (exact) mass is 580 g/mol. The molecule has 206 valence electrons. The lowest BCUT2D eigenvalue weighted by atomic mass is 9.95. The van der Waals surface area contributed by atoms with Gasteiger partial charge in [0.05, 0.1) is 22.4 Å². The first-order valence-electron chi connectivity index (χ1n) is 14.6. The van der Waals surface area contributed by atoms with Crippen LogP contribution in [0.15, 0.2) is 156 Å². The smallest absolute Gasteiger partial charge is 0.0972 e. The number of rotatable bonds is 3. The van der Waals surface area contributed by atoms with Crippen LogP contribution in [0.4, 0.5) is 17.1 Å². The fourth-order valence-corrected chi connectivity index (χ4v) is 7.42. The largest absolute Gasteiger partial charge is 0.308 e. The molecule has 0 fully saturated rings. The van der Waals surface area contributed by atoms with Gasteiger partial charge in [0, 0.05) is 62.2 Å². The summed E-state index contributed by atoms with van der Waals surface area (Å²) in [5.41, 5.74) is 9.69. The van der Waals surface area contributed by atoms with Gasteiger partial charge < -0.3 is 4.90 Å². The maximum absolute atomic E-state index is 4.89. The maximum atomic E-state index is 4.89. The Morgan fingerprint density at radius 2 is 1.05 bits per heavy atom. The highest BCUT2D eigenvalue weighted by molar-refractivity contribution is 7.99. The Kier molecular flexibility index (Phi) is 5.71. The molecule has 1 aliphatic heterocycles. The van der Waals surface area contributed by atoms with Crippen LogP contribution in [0, 0.1) is 0 Å². The Morgan fingerprint density at radius 3 is 1.75 bits per heavy atom. The minimum absolute atomic E-state index is 0.899. The van der Waals surface area contributed by atoms with Crippen molar-refractivity contribution in [1.82, 2.24) is 15.0 Å². The SMILES string of the molecule is c1ccc(-c2cncc(-c3ccc4c5ccc(N6c7ccccc7Sc7ccccc76)cc5c5nccnc5c4c3)c2)cc1. The molecule has 0 atom stereocenters. The number of hydrogen-bond donors (Lipinski definition) is 0. The Labute approximate surface area is 258 Å². The van der Waals surface area contributed by atoms with Crippen LogP contribution in [0.5, 0.6) is 0 Å². The van der Waals surface area contributed by atoms with E-state index in [-0.39, 0.29) is 0 Å². The molecule has 44 heavy (non-hydrogen) atoms. The van der Waals surface area contributed by atoms with Gasteiger partial charge in [0.2, 0.25) is 0 Å². The minimum Gasteiger partial charge on any atom is -0.308 e. The summed E-state index contributed by atoms with van der Waals surface area (Å²) >= 11 is 1.82. The van der Waals surface area contributed by atoms with Gasteiger partial charge in [0.25, 0.3) is 0 Å². The number of anilines is 3. The van der Waals surface area contributed by atoms with Crippen molar-refractivity contribution in [1.29, 1.82) is 0 Å². The van der Waals surface area contributed by atoms with Crippen molar-refractivity contribution in [2.45, 2.75) is 9.79 Å². The molecule has 0 N–H and O–H groups in total. The van der Waals surface area contributed by atoms with E-state index >= 15 is 0 Å². The predicted molar refractivity (Wildman–Crippen MR) is 182 cm³/mol. The number of nitrogens with zero attached hydrogens (tertiary/aromatic N) is 4. The van der Waals surface area contributed by atoms with Crippen LogP contribution < -0.4 is 4.90 Å². The van der Waals surface area contributed by atoms with E-state index in [9.17, 15) is 0 Å². The molecule has 5 heteroatoms. The molecule has 0 spiro atoms. The number of pyridine rings is 1. The van der Waals surface area contributed by atoms with Crippen LogP contribution in [-0.2, 0) is 0 Å². The molecule has 4 nitrogen and oxygen atoms in total. The lowest BCUT2D eigenvalue weighted by Crippen LogP contribution is -2.14. The van der Waals surface area contributed by atoms with Gasteiger partial charge in [-0.1, -0.05) is 84.6 Å². The third kappa shape index (κ3) is 3.98. The Balaban J connectivity index is 1.24. The second-order valence-electron chi connectivity index (χ2n) is 10.9. The topological polar surface area (TPSA) is 41.9 Å². The average molecular weight is 581 g/mol. The molecule has 0 radical (unpaired) electrons. The van der Waals surface area contributed by atoms with E-state index in [1.165, 1.54) is 21.2 Å². The highest BCUT2D eigenvalue weighted by atomic mass is 32.2. The Bertz CT molecular complexity index is 2320. The summed E-state index contributed by atoms with van der Waals surface area (Å²) in [6.07, 6.45) is 7.43. The van der Waals surface area contributed by atoms with Crippen molar-refractivity contribution >= 4 is 61.4 Å². The van der Waals surface area contributed by atoms with Crippen molar-refractivity contribution in [3.8, 4) is 22.3 Å². The van der Waals surface area contributed by atoms with Crippen molar-refractivity contribution in [3.63, 3.8) is 0 Å². The number of benzene rings is 6. The van der Waals surface area contributed by atoms with Gasteiger partial charge in [-0.3, -0.25) is 15.0 Å². The molecule has 1 aliphatic rings. The third-order valence-electron chi connectivity index (χ3n) is 8.39. The van der Waals surface area contributed by atoms with E-state index in [2.05, 4.69) is 125 Å². The molecule has 0 saturated carbocycles. The van der Waals surface area contributed by atoms with Crippen molar-refractivity contribution < 1.29 is 0 Å². The fourth-order valence-electron chi connectivity index (χ4n) is 6.36. The van der Waals surface area contributed by atoms with Gasteiger partial charge >= 0.3 is 0 Å². The van der Waals surface area contributed by atoms with Crippen LogP contribution >= 0.6 is 11.8 Å². The van der Waals surface area contributed by atoms with Gasteiger partial charge in [-0.05, 0) is 70.4 Å². The summed E-state index contributed by atoms with van der Waals surface area (Å²) < 4.78 is 0. The van der Waals surface area contributed by atoms with E-state index in [4.69, 9.17) is 9.97 Å². The summed E-state index contributed by atoms with van der Waals surface area (Å²) in [5, 5.41) is 4.49. The fraction of sp³-hybridized carbons (Fsp3) is 0. The number of para-hydroxylation sites is 2. The molecule has 9 rings (SSSR count). The lowest BCUT2D eigenvalue weighted by molar-refractivity contribution is 1.17. The van der Waals surface area contributed by atoms with Gasteiger partial charge in [-0.2, -0.15) is 0 Å². The second kappa shape index (κ2) is 10.0. The van der Waals surface area contributed by atoms with Crippen molar-refractivity contribution in [3.05, 3.63) is 146 Å². The zero-order chi connectivity index (χ0) is 29.0. The third-order valence-corrected chi connectivity index (χ3v) is 9.52. The van der Waals surface area contributed by atoms with Gasteiger partial charge in [0.15, 0.2) is 0 Å². The van der Waals surface area contributed by atoms with E-state index in [1.807, 2.05) is 30.2 Å². The zero-order valence-electron chi connectivity index (χ0n) is 23.6. The number of hydrogen-bond acceptors (Lipinski definition) is 5. The molecule has 6 aromatic carbocycles. The molecule has 0 saturated heterocycles. The maximum Gasteiger partial charge on any atom is 0.0972 e. The summed E-state index contributed by atoms with van der Waals surface area (Å²) in [7, 11) is 0. The van der Waals surface area contributed by atoms with Crippen LogP contribution in [0.1, 0.15) is 0 Å². The molecule has 2 aromatic heterocycles. The lowest BCUT2D eigenvalue weighted by Gasteiger charge is -2.33. The normalized spacial score (nSPS) is 12.4. The first kappa shape index (κ1) is 25.0. The molecule has 0 aliphatic carbocycles. The first-order valence-corrected chi connectivity index (χ1v) is 15.4. The zero-order valence-corrected chi connectivity index (χ0v) is 24.4. The van der Waals surface area contributed by atoms with Gasteiger partial charge in [-0.15, -0.1) is 0 Å². The van der Waals surface area contributed by atoms with Gasteiger partial charge in [-0.25, -0.2) is 0 Å². The van der Waals surface area contributed by atoms with Crippen LogP contribution in [-0.4, -0.2) is 15.0 Å². The quantitative estimate of drug-likeness (QED) is 0.195. The highest BCUT2D eigenvalue weighted by Gasteiger charge is 2.25. The van der Waals surface area contributed by atoms with Gasteiger partial charge in [0.1, 0.15) is 0 Å². The van der Waals surface area contributed by atoms with E-state index in [0.717, 1.165) is 60.5 Å². The number of aromatic nitrogens is 3. The van der Waals surface area contributed by atoms with Crippen LogP contribution in [0.25, 0.3) is 54.8 Å². The predicted octanol–water partition coefficient (Wildman–Crippen LogP) is 10.6. The number of fused-ring (bicyclic) bond motifs is 8. The summed E-state index contributed by atoms with van der Waals surface area (Å²) in [6.45, 7) is 0. The van der Waals surface area contributed by atoms with Crippen LogP contribution in [0.2, 0.25) is 0 Å². The second-order valence-corrected chi connectivity index (χ2v) is 12.0. The molecule has 0 amide bonds. The highest BCUT2D eigenvalue weighted by Crippen LogP contribution is 2.51. The van der Waals surface area contributed by atoms with Crippen molar-refractivity contribution in [2.75, 3.05) is 4.90 Å². The molecule has 8 aromatic rings. The van der Waals surface area contributed by atoms with Crippen molar-refractivity contribution in [2.24, 2.45) is 0 Å². The molecular formula is C39H24N4S. The molecule has 3 heterocycles. The minimum atomic E-state index is 0.899. The standard InChI is InChI=1S/C39H24N4S/c1-2-8-25(9-3-1)27-20-28(24-40-23-27)26-14-16-30-31-17-15-29(22-33(31)39-38(32(30)21-26)41-18-19-42-39)43-34-10-4-6-12-36(34)44-37-13-7-5-11-35(37)43/h1-24H. The van der Waals surface area contributed by atoms with E-state index < -0.39 is 0 Å². The molecular weight excluding hydrogens is 557 g/mol. The average Bonchev–Trinajstić information content (AvgIpc) is 3.10. The van der Waals surface area contributed by atoms with E-state index in [0.29, 0.717) is 0 Å². The summed E-state index contributed by atoms with van der Waals surface area (Å²) in [5.74, 6) is 0. The van der Waals surface area contributed by atoms with E-state index in [1.54, 1.807) is 12.4 Å². The first-order chi connectivity index (χ1) is 21.8. The summed E-state index contributed by atoms with van der Waals surface area (Å²) in [4.78, 5) is 19.2. The summed E-state index contributed by atoms with van der Waals surface area (Å²) in [6, 6.07) is 43.2.